The monoisotopic (exact) mass is 403 g/mol. The summed E-state index contributed by atoms with van der Waals surface area (Å²) in [5.41, 5.74) is 1.85. The predicted octanol–water partition coefficient (Wildman–Crippen LogP) is 2.63. The van der Waals surface area contributed by atoms with E-state index < -0.39 is 0 Å². The minimum Gasteiger partial charge on any atom is -0.383 e. The molecule has 0 bridgehead atoms. The van der Waals surface area contributed by atoms with Gasteiger partial charge in [0.25, 0.3) is 5.91 Å². The Bertz CT molecular complexity index is 808. The van der Waals surface area contributed by atoms with Crippen LogP contribution in [0, 0.1) is 6.92 Å². The summed E-state index contributed by atoms with van der Waals surface area (Å²) in [5.74, 6) is -0.169. The van der Waals surface area contributed by atoms with Crippen molar-refractivity contribution in [3.8, 4) is 0 Å². The van der Waals surface area contributed by atoms with Crippen LogP contribution in [0.15, 0.2) is 24.3 Å². The van der Waals surface area contributed by atoms with Crippen molar-refractivity contribution in [2.75, 3.05) is 38.7 Å². The molecule has 28 heavy (non-hydrogen) atoms. The third-order valence-electron chi connectivity index (χ3n) is 4.58. The first kappa shape index (κ1) is 20.2. The number of piperidine rings is 1. The number of carbonyl (C=O) groups is 2. The summed E-state index contributed by atoms with van der Waals surface area (Å²) in [7, 11) is 1.60. The lowest BCUT2D eigenvalue weighted by Gasteiger charge is -2.31. The molecule has 9 heteroatoms. The van der Waals surface area contributed by atoms with Gasteiger partial charge in [0.2, 0.25) is 5.01 Å². The second-order valence-electron chi connectivity index (χ2n) is 6.78. The number of hydrogen-bond acceptors (Lipinski definition) is 6. The number of methoxy groups -OCH3 is 1. The first-order valence-electron chi connectivity index (χ1n) is 9.30. The Morgan fingerprint density at radius 3 is 2.82 bits per heavy atom. The Hall–Kier alpha value is -2.52. The molecule has 0 aliphatic carbocycles. The Labute approximate surface area is 168 Å². The van der Waals surface area contributed by atoms with Crippen LogP contribution in [0.25, 0.3) is 0 Å². The molecule has 1 aliphatic rings. The number of nitrogens with zero attached hydrogens (tertiary/aromatic N) is 3. The molecule has 0 radical (unpaired) electrons. The van der Waals surface area contributed by atoms with Gasteiger partial charge < -0.3 is 20.3 Å². The van der Waals surface area contributed by atoms with E-state index in [4.69, 9.17) is 4.74 Å². The van der Waals surface area contributed by atoms with Gasteiger partial charge in [0.1, 0.15) is 5.01 Å². The van der Waals surface area contributed by atoms with Crippen LogP contribution < -0.4 is 10.6 Å². The smallest absolute Gasteiger partial charge is 0.317 e. The van der Waals surface area contributed by atoms with Gasteiger partial charge in [0.15, 0.2) is 0 Å². The average molecular weight is 404 g/mol. The summed E-state index contributed by atoms with van der Waals surface area (Å²) in [4.78, 5) is 26.5. The third kappa shape index (κ3) is 5.26. The largest absolute Gasteiger partial charge is 0.383 e. The van der Waals surface area contributed by atoms with Gasteiger partial charge in [-0.3, -0.25) is 4.79 Å². The van der Waals surface area contributed by atoms with Crippen LogP contribution in [0.1, 0.15) is 39.1 Å². The molecule has 2 aromatic rings. The molecule has 0 saturated carbocycles. The van der Waals surface area contributed by atoms with Crippen molar-refractivity contribution in [1.82, 2.24) is 20.4 Å². The van der Waals surface area contributed by atoms with Crippen molar-refractivity contribution >= 4 is 29.0 Å². The van der Waals surface area contributed by atoms with Crippen molar-refractivity contribution in [3.05, 3.63) is 39.8 Å². The number of benzene rings is 1. The number of likely N-dealkylation sites (tertiary alicyclic amines) is 1. The summed E-state index contributed by atoms with van der Waals surface area (Å²) in [6.07, 6.45) is 1.82. The molecule has 1 aromatic heterocycles. The number of ether oxygens (including phenoxy) is 1. The Kier molecular flexibility index (Phi) is 6.94. The van der Waals surface area contributed by atoms with Gasteiger partial charge in [-0.25, -0.2) is 4.79 Å². The van der Waals surface area contributed by atoms with Gasteiger partial charge in [-0.1, -0.05) is 29.0 Å². The van der Waals surface area contributed by atoms with Crippen LogP contribution in [0.4, 0.5) is 10.5 Å². The molecule has 2 heterocycles. The molecule has 150 valence electrons. The first-order valence-corrected chi connectivity index (χ1v) is 10.1. The van der Waals surface area contributed by atoms with E-state index in [-0.39, 0.29) is 17.9 Å². The number of aromatic nitrogens is 2. The summed E-state index contributed by atoms with van der Waals surface area (Å²) in [6.45, 7) is 4.26. The molecule has 2 N–H and O–H groups in total. The minimum absolute atomic E-state index is 0.0939. The highest BCUT2D eigenvalue weighted by molar-refractivity contribution is 7.13. The zero-order valence-electron chi connectivity index (χ0n) is 16.1. The molecule has 1 fully saturated rings. The van der Waals surface area contributed by atoms with Gasteiger partial charge in [-0.05, 0) is 31.9 Å². The van der Waals surface area contributed by atoms with Crippen LogP contribution in [0.2, 0.25) is 0 Å². The number of nitrogens with one attached hydrogen (secondary N) is 2. The van der Waals surface area contributed by atoms with E-state index in [9.17, 15) is 9.59 Å². The lowest BCUT2D eigenvalue weighted by molar-refractivity contribution is 0.102. The van der Waals surface area contributed by atoms with Crippen molar-refractivity contribution < 1.29 is 14.3 Å². The molecule has 1 aliphatic heterocycles. The van der Waals surface area contributed by atoms with Gasteiger partial charge in [0, 0.05) is 38.3 Å². The second-order valence-corrected chi connectivity index (χ2v) is 7.78. The standard InChI is InChI=1S/C19H25N5O3S/c1-13-5-7-15(8-6-13)21-16(25)18-23-22-17(28-18)14-4-3-10-24(12-14)19(26)20-9-11-27-2/h5-8,14H,3-4,9-12H2,1-2H3,(H,20,26)(H,21,25)/t14-/m0/s1. The number of carbonyl (C=O) groups excluding carboxylic acids is 2. The fourth-order valence-corrected chi connectivity index (χ4v) is 3.91. The van der Waals surface area contributed by atoms with Crippen LogP contribution in [-0.4, -0.2) is 60.4 Å². The molecule has 1 aromatic carbocycles. The number of amides is 3. The zero-order valence-corrected chi connectivity index (χ0v) is 16.9. The highest BCUT2D eigenvalue weighted by Crippen LogP contribution is 2.29. The van der Waals surface area contributed by atoms with E-state index >= 15 is 0 Å². The van der Waals surface area contributed by atoms with Crippen LogP contribution in [0.3, 0.4) is 0 Å². The number of rotatable bonds is 6. The molecule has 3 rings (SSSR count). The van der Waals surface area contributed by atoms with Crippen LogP contribution >= 0.6 is 11.3 Å². The van der Waals surface area contributed by atoms with E-state index in [1.807, 2.05) is 31.2 Å². The number of anilines is 1. The highest BCUT2D eigenvalue weighted by Gasteiger charge is 2.28. The summed E-state index contributed by atoms with van der Waals surface area (Å²) in [5, 5.41) is 15.1. The molecular formula is C19H25N5O3S. The number of aryl methyl sites for hydroxylation is 1. The quantitative estimate of drug-likeness (QED) is 0.723. The van der Waals surface area contributed by atoms with E-state index in [1.54, 1.807) is 12.0 Å². The van der Waals surface area contributed by atoms with Gasteiger partial charge in [-0.15, -0.1) is 10.2 Å². The van der Waals surface area contributed by atoms with Gasteiger partial charge in [-0.2, -0.15) is 0 Å². The number of urea groups is 1. The normalized spacial score (nSPS) is 16.6. The Balaban J connectivity index is 1.58. The fourth-order valence-electron chi connectivity index (χ4n) is 3.05. The lowest BCUT2D eigenvalue weighted by atomic mass is 9.99. The summed E-state index contributed by atoms with van der Waals surface area (Å²) in [6, 6.07) is 7.50. The topological polar surface area (TPSA) is 96.4 Å². The maximum absolute atomic E-state index is 12.4. The molecule has 1 saturated heterocycles. The van der Waals surface area contributed by atoms with Gasteiger partial charge >= 0.3 is 6.03 Å². The van der Waals surface area contributed by atoms with Crippen LogP contribution in [-0.2, 0) is 4.74 Å². The summed E-state index contributed by atoms with van der Waals surface area (Å²) >= 11 is 1.29. The van der Waals surface area contributed by atoms with E-state index in [0.717, 1.165) is 35.6 Å². The maximum atomic E-state index is 12.4. The third-order valence-corrected chi connectivity index (χ3v) is 5.67. The van der Waals surface area contributed by atoms with Crippen molar-refractivity contribution in [2.45, 2.75) is 25.7 Å². The minimum atomic E-state index is -0.266. The number of hydrogen-bond donors (Lipinski definition) is 2. The first-order chi connectivity index (χ1) is 13.6. The van der Waals surface area contributed by atoms with E-state index in [0.29, 0.717) is 24.7 Å². The Morgan fingerprint density at radius 2 is 2.07 bits per heavy atom. The molecule has 0 unspecified atom stereocenters. The SMILES string of the molecule is COCCNC(=O)N1CCC[C@H](c2nnc(C(=O)Nc3ccc(C)cc3)s2)C1. The van der Waals surface area contributed by atoms with E-state index in [2.05, 4.69) is 20.8 Å². The van der Waals surface area contributed by atoms with Crippen LogP contribution in [0.5, 0.6) is 0 Å². The zero-order chi connectivity index (χ0) is 19.9. The lowest BCUT2D eigenvalue weighted by Crippen LogP contribution is -2.45. The Morgan fingerprint density at radius 1 is 1.29 bits per heavy atom. The van der Waals surface area contributed by atoms with Gasteiger partial charge in [0.05, 0.1) is 6.61 Å². The fraction of sp³-hybridized carbons (Fsp3) is 0.474. The maximum Gasteiger partial charge on any atom is 0.317 e. The van der Waals surface area contributed by atoms with Crippen molar-refractivity contribution in [2.24, 2.45) is 0 Å². The molecular weight excluding hydrogens is 378 g/mol. The van der Waals surface area contributed by atoms with E-state index in [1.165, 1.54) is 11.3 Å². The molecule has 1 atom stereocenters. The molecule has 3 amide bonds. The van der Waals surface area contributed by atoms with Crippen molar-refractivity contribution in [3.63, 3.8) is 0 Å². The highest BCUT2D eigenvalue weighted by atomic mass is 32.1. The predicted molar refractivity (Wildman–Crippen MR) is 108 cm³/mol. The average Bonchev–Trinajstić information content (AvgIpc) is 3.20. The van der Waals surface area contributed by atoms with Crippen molar-refractivity contribution in [1.29, 1.82) is 0 Å². The second kappa shape index (κ2) is 9.61. The molecule has 0 spiro atoms. The summed E-state index contributed by atoms with van der Waals surface area (Å²) < 4.78 is 4.96. The molecule has 8 nitrogen and oxygen atoms in total.